The number of halogens is 1. The second kappa shape index (κ2) is 13.1. The third-order valence-corrected chi connectivity index (χ3v) is 7.93. The Bertz CT molecular complexity index is 1200. The van der Waals surface area contributed by atoms with Crippen LogP contribution in [-0.4, -0.2) is 69.5 Å². The van der Waals surface area contributed by atoms with Gasteiger partial charge in [-0.3, -0.25) is 4.79 Å². The van der Waals surface area contributed by atoms with Crippen LogP contribution in [0.3, 0.4) is 0 Å². The van der Waals surface area contributed by atoms with Crippen LogP contribution in [0.5, 0.6) is 0 Å². The minimum Gasteiger partial charge on any atom is -0.385 e. The molecule has 2 fully saturated rings. The number of benzene rings is 2. The first-order valence-electron chi connectivity index (χ1n) is 14.0. The number of ether oxygens (including phenoxy) is 1. The van der Waals surface area contributed by atoms with E-state index in [1.807, 2.05) is 67.3 Å². The maximum Gasteiger partial charge on any atom is 0.275 e. The number of carbonyl (C=O) groups is 1. The summed E-state index contributed by atoms with van der Waals surface area (Å²) < 4.78 is 7.99. The summed E-state index contributed by atoms with van der Waals surface area (Å²) in [5, 5.41) is 15.3. The molecule has 0 radical (unpaired) electrons. The number of nitrogens with one attached hydrogen (secondary N) is 1. The van der Waals surface area contributed by atoms with Gasteiger partial charge in [0.05, 0.1) is 30.8 Å². The van der Waals surface area contributed by atoms with Crippen LogP contribution < -0.4 is 5.32 Å². The van der Waals surface area contributed by atoms with E-state index in [0.29, 0.717) is 18.7 Å². The zero-order chi connectivity index (χ0) is 26.5. The normalized spacial score (nSPS) is 23.4. The molecule has 210 valence electrons. The van der Waals surface area contributed by atoms with Gasteiger partial charge in [0.15, 0.2) is 5.69 Å². The number of amides is 1. The van der Waals surface area contributed by atoms with Gasteiger partial charge < -0.3 is 24.6 Å². The second-order valence-electron chi connectivity index (χ2n) is 11.0. The van der Waals surface area contributed by atoms with Gasteiger partial charge in [0.2, 0.25) is 0 Å². The molecule has 0 spiro atoms. The molecule has 2 heterocycles. The number of hydrogen-bond acceptors (Lipinski definition) is 5. The van der Waals surface area contributed by atoms with E-state index in [0.717, 1.165) is 50.0 Å². The largest absolute Gasteiger partial charge is 0.385 e. The minimum absolute atomic E-state index is 0. The van der Waals surface area contributed by atoms with Crippen LogP contribution in [-0.2, 0) is 11.2 Å². The first-order valence-corrected chi connectivity index (χ1v) is 14.0. The molecule has 39 heavy (non-hydrogen) atoms. The van der Waals surface area contributed by atoms with Crippen LogP contribution in [0.25, 0.3) is 11.3 Å². The molecule has 5 rings (SSSR count). The predicted octanol–water partition coefficient (Wildman–Crippen LogP) is 4.90. The van der Waals surface area contributed by atoms with Gasteiger partial charge in [0, 0.05) is 31.2 Å². The third kappa shape index (κ3) is 6.55. The first kappa shape index (κ1) is 29.3. The lowest BCUT2D eigenvalue weighted by molar-refractivity contribution is -0.111. The fourth-order valence-electron chi connectivity index (χ4n) is 5.95. The summed E-state index contributed by atoms with van der Waals surface area (Å²) in [4.78, 5) is 20.9. The van der Waals surface area contributed by atoms with Crippen LogP contribution >= 0.6 is 12.4 Å². The maximum absolute atomic E-state index is 14.2. The van der Waals surface area contributed by atoms with E-state index in [1.54, 1.807) is 6.33 Å². The van der Waals surface area contributed by atoms with Gasteiger partial charge in [-0.15, -0.1) is 12.4 Å². The highest BCUT2D eigenvalue weighted by Crippen LogP contribution is 2.41. The molecule has 2 aliphatic rings. The standard InChI is InChI=1S/C31H40N4O3.ClH/c1-23(2)38-21-31(37)16-10-9-15-27(31)35-22-33-28(29(35)25-13-7-4-8-14-25)30(36)34-18-17-32-20-26(34)19-24-11-5-3-6-12-24;/h3-8,11-14,22-23,26-27,32,37H,9-10,15-21H2,1-2H3;1H/t26-,27?,31?;/m1./s1. The molecule has 3 atom stereocenters. The van der Waals surface area contributed by atoms with E-state index in [1.165, 1.54) is 5.56 Å². The summed E-state index contributed by atoms with van der Waals surface area (Å²) >= 11 is 0. The number of nitrogens with zero attached hydrogens (tertiary/aromatic N) is 3. The number of aromatic nitrogens is 2. The highest BCUT2D eigenvalue weighted by molar-refractivity contribution is 5.98. The Balaban J connectivity index is 0.00000353. The number of aliphatic hydroxyl groups is 1. The highest BCUT2D eigenvalue weighted by Gasteiger charge is 2.42. The molecule has 1 aliphatic carbocycles. The Labute approximate surface area is 238 Å². The first-order chi connectivity index (χ1) is 18.5. The fourth-order valence-corrected chi connectivity index (χ4v) is 5.95. The Kier molecular flexibility index (Phi) is 9.83. The van der Waals surface area contributed by atoms with Gasteiger partial charge in [0.25, 0.3) is 5.91 Å². The van der Waals surface area contributed by atoms with Gasteiger partial charge in [-0.25, -0.2) is 4.98 Å². The van der Waals surface area contributed by atoms with E-state index in [2.05, 4.69) is 22.0 Å². The molecule has 2 N–H and O–H groups in total. The Morgan fingerprint density at radius 2 is 1.85 bits per heavy atom. The lowest BCUT2D eigenvalue weighted by atomic mass is 9.80. The topological polar surface area (TPSA) is 79.6 Å². The molecule has 0 bridgehead atoms. The molecule has 1 saturated heterocycles. The van der Waals surface area contributed by atoms with Crippen LogP contribution in [0, 0.1) is 0 Å². The SMILES string of the molecule is CC(C)OCC1(O)CCCCC1n1cnc(C(=O)N2CCNC[C@H]2Cc2ccccc2)c1-c1ccccc1.Cl. The van der Waals surface area contributed by atoms with E-state index in [-0.39, 0.29) is 43.1 Å². The van der Waals surface area contributed by atoms with E-state index >= 15 is 0 Å². The summed E-state index contributed by atoms with van der Waals surface area (Å²) in [6, 6.07) is 20.1. The average molecular weight is 553 g/mol. The Hall–Kier alpha value is -2.71. The summed E-state index contributed by atoms with van der Waals surface area (Å²) in [7, 11) is 0. The number of piperazine rings is 1. The number of carbonyl (C=O) groups excluding carboxylic acids is 1. The third-order valence-electron chi connectivity index (χ3n) is 7.93. The van der Waals surface area contributed by atoms with Crippen LogP contribution in [0.15, 0.2) is 67.0 Å². The van der Waals surface area contributed by atoms with E-state index in [4.69, 9.17) is 9.72 Å². The van der Waals surface area contributed by atoms with E-state index in [9.17, 15) is 9.90 Å². The van der Waals surface area contributed by atoms with Crippen molar-refractivity contribution in [2.45, 2.75) is 69.7 Å². The summed E-state index contributed by atoms with van der Waals surface area (Å²) in [6.07, 6.45) is 6.03. The number of rotatable bonds is 8. The lowest BCUT2D eigenvalue weighted by Crippen LogP contribution is -2.54. The number of hydrogen-bond donors (Lipinski definition) is 2. The molecule has 1 amide bonds. The van der Waals surface area contributed by atoms with Crippen molar-refractivity contribution in [1.82, 2.24) is 19.8 Å². The van der Waals surface area contributed by atoms with E-state index < -0.39 is 5.60 Å². The molecular formula is C31H41ClN4O3. The van der Waals surface area contributed by atoms with Crippen molar-refractivity contribution in [3.8, 4) is 11.3 Å². The van der Waals surface area contributed by atoms with Gasteiger partial charge in [0.1, 0.15) is 5.60 Å². The van der Waals surface area contributed by atoms with Gasteiger partial charge in [-0.1, -0.05) is 73.5 Å². The van der Waals surface area contributed by atoms with Crippen LogP contribution in [0.1, 0.15) is 61.6 Å². The number of imidazole rings is 1. The van der Waals surface area contributed by atoms with Crippen molar-refractivity contribution in [3.63, 3.8) is 0 Å². The molecule has 2 aromatic carbocycles. The summed E-state index contributed by atoms with van der Waals surface area (Å²) in [5.41, 5.74) is 2.36. The highest BCUT2D eigenvalue weighted by atomic mass is 35.5. The summed E-state index contributed by atoms with van der Waals surface area (Å²) in [6.45, 7) is 6.38. The van der Waals surface area contributed by atoms with Crippen molar-refractivity contribution >= 4 is 18.3 Å². The lowest BCUT2D eigenvalue weighted by Gasteiger charge is -2.41. The minimum atomic E-state index is -1.02. The molecule has 3 aromatic rings. The van der Waals surface area contributed by atoms with Crippen molar-refractivity contribution in [2.75, 3.05) is 26.2 Å². The van der Waals surface area contributed by atoms with Crippen LogP contribution in [0.2, 0.25) is 0 Å². The molecule has 8 heteroatoms. The fraction of sp³-hybridized carbons (Fsp3) is 0.484. The molecule has 7 nitrogen and oxygen atoms in total. The Morgan fingerprint density at radius 1 is 1.13 bits per heavy atom. The molecule has 1 saturated carbocycles. The predicted molar refractivity (Wildman–Crippen MR) is 156 cm³/mol. The van der Waals surface area contributed by atoms with Crippen molar-refractivity contribution in [3.05, 3.63) is 78.2 Å². The zero-order valence-electron chi connectivity index (χ0n) is 23.0. The van der Waals surface area contributed by atoms with Gasteiger partial charge in [-0.2, -0.15) is 0 Å². The van der Waals surface area contributed by atoms with Crippen molar-refractivity contribution < 1.29 is 14.6 Å². The van der Waals surface area contributed by atoms with Gasteiger partial charge in [-0.05, 0) is 38.7 Å². The smallest absolute Gasteiger partial charge is 0.275 e. The molecule has 1 aliphatic heterocycles. The monoisotopic (exact) mass is 552 g/mol. The van der Waals surface area contributed by atoms with Crippen LogP contribution in [0.4, 0.5) is 0 Å². The Morgan fingerprint density at radius 3 is 2.56 bits per heavy atom. The molecule has 1 aromatic heterocycles. The summed E-state index contributed by atoms with van der Waals surface area (Å²) in [5.74, 6) is -0.0530. The quantitative estimate of drug-likeness (QED) is 0.415. The average Bonchev–Trinajstić information content (AvgIpc) is 3.38. The zero-order valence-corrected chi connectivity index (χ0v) is 23.8. The second-order valence-corrected chi connectivity index (χ2v) is 11.0. The molecular weight excluding hydrogens is 512 g/mol. The maximum atomic E-state index is 14.2. The molecule has 2 unspecified atom stereocenters. The van der Waals surface area contributed by atoms with Crippen molar-refractivity contribution in [1.29, 1.82) is 0 Å². The van der Waals surface area contributed by atoms with Crippen molar-refractivity contribution in [2.24, 2.45) is 0 Å². The van der Waals surface area contributed by atoms with Gasteiger partial charge >= 0.3 is 0 Å².